The number of thioether (sulfide) groups is 1. The molecule has 2 rings (SSSR count). The summed E-state index contributed by atoms with van der Waals surface area (Å²) in [5.74, 6) is 1.33. The summed E-state index contributed by atoms with van der Waals surface area (Å²) in [5, 5.41) is 9.01. The summed E-state index contributed by atoms with van der Waals surface area (Å²) in [4.78, 5) is 12.0. The second kappa shape index (κ2) is 7.89. The first-order valence-electron chi connectivity index (χ1n) is 7.04. The summed E-state index contributed by atoms with van der Waals surface area (Å²) < 4.78 is 14.8. The second-order valence-corrected chi connectivity index (χ2v) is 5.87. The van der Waals surface area contributed by atoms with Gasteiger partial charge in [-0.2, -0.15) is 0 Å². The molecule has 116 valence electrons. The highest BCUT2D eigenvalue weighted by molar-refractivity contribution is 7.99. The van der Waals surface area contributed by atoms with Gasteiger partial charge in [-0.05, 0) is 37.6 Å². The third-order valence-electron chi connectivity index (χ3n) is 3.16. The van der Waals surface area contributed by atoms with Gasteiger partial charge in [-0.25, -0.2) is 4.39 Å². The zero-order valence-electron chi connectivity index (χ0n) is 12.5. The fourth-order valence-electron chi connectivity index (χ4n) is 1.98. The first-order chi connectivity index (χ1) is 10.6. The maximum atomic E-state index is 12.8. The maximum Gasteiger partial charge on any atom is 0.191 e. The molecule has 1 aromatic heterocycles. The van der Waals surface area contributed by atoms with E-state index in [-0.39, 0.29) is 11.6 Å². The lowest BCUT2D eigenvalue weighted by Crippen LogP contribution is -2.02. The van der Waals surface area contributed by atoms with Crippen molar-refractivity contribution >= 4 is 17.5 Å². The van der Waals surface area contributed by atoms with Gasteiger partial charge in [-0.1, -0.05) is 17.8 Å². The summed E-state index contributed by atoms with van der Waals surface area (Å²) >= 11 is 1.58. The Labute approximate surface area is 133 Å². The molecule has 1 heterocycles. The van der Waals surface area contributed by atoms with Crippen LogP contribution in [0.4, 0.5) is 4.39 Å². The van der Waals surface area contributed by atoms with E-state index in [1.54, 1.807) is 17.8 Å². The van der Waals surface area contributed by atoms with Crippen molar-refractivity contribution in [3.8, 4) is 0 Å². The zero-order chi connectivity index (χ0) is 15.9. The van der Waals surface area contributed by atoms with E-state index in [0.717, 1.165) is 23.2 Å². The van der Waals surface area contributed by atoms with Crippen LogP contribution in [0.3, 0.4) is 0 Å². The molecule has 0 spiro atoms. The van der Waals surface area contributed by atoms with Crippen LogP contribution < -0.4 is 0 Å². The number of ketones is 1. The molecule has 0 N–H and O–H groups in total. The van der Waals surface area contributed by atoms with Gasteiger partial charge in [0.15, 0.2) is 10.9 Å². The average molecular weight is 319 g/mol. The predicted molar refractivity (Wildman–Crippen MR) is 85.6 cm³/mol. The van der Waals surface area contributed by atoms with Crippen molar-refractivity contribution in [3.05, 3.63) is 54.1 Å². The van der Waals surface area contributed by atoms with E-state index in [1.807, 2.05) is 11.5 Å². The molecule has 0 atom stereocenters. The number of Topliss-reactive ketones (excluding diaryl/α,β-unsaturated/α-hetero) is 1. The van der Waals surface area contributed by atoms with Gasteiger partial charge in [-0.15, -0.1) is 16.8 Å². The predicted octanol–water partition coefficient (Wildman–Crippen LogP) is 3.67. The van der Waals surface area contributed by atoms with Gasteiger partial charge in [0.25, 0.3) is 0 Å². The van der Waals surface area contributed by atoms with Crippen LogP contribution in [0.2, 0.25) is 0 Å². The van der Waals surface area contributed by atoms with Crippen LogP contribution in [0.25, 0.3) is 0 Å². The van der Waals surface area contributed by atoms with Crippen molar-refractivity contribution in [1.82, 2.24) is 14.8 Å². The number of hydrogen-bond acceptors (Lipinski definition) is 4. The fraction of sp³-hybridized carbons (Fsp3) is 0.312. The first-order valence-corrected chi connectivity index (χ1v) is 8.02. The summed E-state index contributed by atoms with van der Waals surface area (Å²) in [6.45, 7) is 6.30. The highest BCUT2D eigenvalue weighted by atomic mass is 32.2. The highest BCUT2D eigenvalue weighted by Gasteiger charge is 2.09. The molecule has 0 aliphatic heterocycles. The fourth-order valence-corrected chi connectivity index (χ4v) is 2.92. The first kappa shape index (κ1) is 16.4. The smallest absolute Gasteiger partial charge is 0.191 e. The average Bonchev–Trinajstić information content (AvgIpc) is 2.85. The van der Waals surface area contributed by atoms with Crippen molar-refractivity contribution in [2.75, 3.05) is 5.75 Å². The molecule has 0 aliphatic rings. The van der Waals surface area contributed by atoms with Gasteiger partial charge in [-0.3, -0.25) is 4.79 Å². The zero-order valence-corrected chi connectivity index (χ0v) is 13.3. The lowest BCUT2D eigenvalue weighted by molar-refractivity contribution is 0.0982. The molecule has 0 fully saturated rings. The Morgan fingerprint density at radius 1 is 1.36 bits per heavy atom. The van der Waals surface area contributed by atoms with Gasteiger partial charge in [0.1, 0.15) is 11.6 Å². The molecule has 0 amide bonds. The van der Waals surface area contributed by atoms with Gasteiger partial charge >= 0.3 is 0 Å². The third kappa shape index (κ3) is 4.27. The van der Waals surface area contributed by atoms with E-state index in [9.17, 15) is 9.18 Å². The number of nitrogens with zero attached hydrogens (tertiary/aromatic N) is 3. The molecule has 6 heteroatoms. The largest absolute Gasteiger partial charge is 0.302 e. The monoisotopic (exact) mass is 319 g/mol. The normalized spacial score (nSPS) is 10.6. The van der Waals surface area contributed by atoms with Crippen molar-refractivity contribution in [1.29, 1.82) is 0 Å². The minimum Gasteiger partial charge on any atom is -0.302 e. The summed E-state index contributed by atoms with van der Waals surface area (Å²) in [6.07, 6.45) is 2.98. The van der Waals surface area contributed by atoms with Gasteiger partial charge < -0.3 is 4.57 Å². The Kier molecular flexibility index (Phi) is 5.89. The Morgan fingerprint density at radius 3 is 2.77 bits per heavy atom. The van der Waals surface area contributed by atoms with E-state index < -0.39 is 0 Å². The SMILES string of the molecule is C=CCn1c(C)nnc1SCCCC(=O)c1ccc(F)cc1. The number of carbonyl (C=O) groups is 1. The summed E-state index contributed by atoms with van der Waals surface area (Å²) in [6, 6.07) is 5.66. The number of rotatable bonds is 8. The molecular formula is C16H18FN3OS. The lowest BCUT2D eigenvalue weighted by Gasteiger charge is -2.05. The number of carbonyl (C=O) groups excluding carboxylic acids is 1. The molecule has 22 heavy (non-hydrogen) atoms. The third-order valence-corrected chi connectivity index (χ3v) is 4.21. The number of aryl methyl sites for hydroxylation is 1. The minimum absolute atomic E-state index is 0.0318. The minimum atomic E-state index is -0.330. The van der Waals surface area contributed by atoms with E-state index in [4.69, 9.17) is 0 Å². The highest BCUT2D eigenvalue weighted by Crippen LogP contribution is 2.19. The molecular weight excluding hydrogens is 301 g/mol. The standard InChI is InChI=1S/C16H18FN3OS/c1-3-10-20-12(2)18-19-16(20)22-11-4-5-15(21)13-6-8-14(17)9-7-13/h3,6-9H,1,4-5,10-11H2,2H3. The Hall–Kier alpha value is -1.95. The van der Waals surface area contributed by atoms with Crippen LogP contribution in [0.5, 0.6) is 0 Å². The summed E-state index contributed by atoms with van der Waals surface area (Å²) in [5.41, 5.74) is 0.553. The van der Waals surface area contributed by atoms with E-state index in [1.165, 1.54) is 24.3 Å². The topological polar surface area (TPSA) is 47.8 Å². The molecule has 0 saturated heterocycles. The van der Waals surface area contributed by atoms with Crippen molar-refractivity contribution in [3.63, 3.8) is 0 Å². The van der Waals surface area contributed by atoms with E-state index >= 15 is 0 Å². The van der Waals surface area contributed by atoms with Gasteiger partial charge in [0.2, 0.25) is 0 Å². The maximum absolute atomic E-state index is 12.8. The number of halogens is 1. The Morgan fingerprint density at radius 2 is 2.09 bits per heavy atom. The molecule has 0 aliphatic carbocycles. The molecule has 1 aromatic carbocycles. The van der Waals surface area contributed by atoms with Gasteiger partial charge in [0.05, 0.1) is 0 Å². The van der Waals surface area contributed by atoms with Crippen LogP contribution in [0.15, 0.2) is 42.1 Å². The van der Waals surface area contributed by atoms with E-state index in [0.29, 0.717) is 18.5 Å². The van der Waals surface area contributed by atoms with Crippen LogP contribution in [-0.2, 0) is 6.54 Å². The van der Waals surface area contributed by atoms with Crippen LogP contribution >= 0.6 is 11.8 Å². The number of aromatic nitrogens is 3. The Balaban J connectivity index is 1.81. The Bertz CT molecular complexity index is 652. The van der Waals surface area contributed by atoms with Crippen LogP contribution in [-0.4, -0.2) is 26.3 Å². The van der Waals surface area contributed by atoms with Crippen molar-refractivity contribution in [2.45, 2.75) is 31.5 Å². The number of hydrogen-bond donors (Lipinski definition) is 0. The molecule has 0 saturated carbocycles. The molecule has 0 bridgehead atoms. The molecule has 2 aromatic rings. The number of benzene rings is 1. The second-order valence-electron chi connectivity index (χ2n) is 4.81. The van der Waals surface area contributed by atoms with Crippen molar-refractivity contribution < 1.29 is 9.18 Å². The summed E-state index contributed by atoms with van der Waals surface area (Å²) in [7, 11) is 0. The quantitative estimate of drug-likeness (QED) is 0.322. The van der Waals surface area contributed by atoms with Gasteiger partial charge in [0, 0.05) is 24.3 Å². The van der Waals surface area contributed by atoms with Crippen LogP contribution in [0, 0.1) is 12.7 Å². The molecule has 0 unspecified atom stereocenters. The van der Waals surface area contributed by atoms with Crippen LogP contribution in [0.1, 0.15) is 29.0 Å². The molecule has 0 radical (unpaired) electrons. The molecule has 4 nitrogen and oxygen atoms in total. The van der Waals surface area contributed by atoms with Crippen molar-refractivity contribution in [2.24, 2.45) is 0 Å². The lowest BCUT2D eigenvalue weighted by atomic mass is 10.1. The van der Waals surface area contributed by atoms with E-state index in [2.05, 4.69) is 16.8 Å². The number of allylic oxidation sites excluding steroid dienone is 1.